The number of halogens is 3. The van der Waals surface area contributed by atoms with E-state index in [0.29, 0.717) is 10.2 Å². The predicted octanol–water partition coefficient (Wildman–Crippen LogP) is 4.02. The van der Waals surface area contributed by atoms with Crippen LogP contribution in [-0.4, -0.2) is 15.7 Å². The second-order valence-electron chi connectivity index (χ2n) is 5.30. The van der Waals surface area contributed by atoms with Crippen molar-refractivity contribution in [2.45, 2.75) is 6.18 Å². The maximum absolute atomic E-state index is 13.5. The summed E-state index contributed by atoms with van der Waals surface area (Å²) >= 11 is 0. The van der Waals surface area contributed by atoms with Gasteiger partial charge >= 0.3 is 6.18 Å². The molecule has 1 aromatic heterocycles. The molecule has 0 aliphatic carbocycles. The number of rotatable bonds is 3. The summed E-state index contributed by atoms with van der Waals surface area (Å²) in [5.41, 5.74) is -0.914. The minimum Gasteiger partial charge on any atom is -0.322 e. The van der Waals surface area contributed by atoms with Crippen molar-refractivity contribution < 1.29 is 18.0 Å². The molecule has 0 radical (unpaired) electrons. The molecular formula is C18H11F3N4O. The number of benzene rings is 2. The molecule has 26 heavy (non-hydrogen) atoms. The van der Waals surface area contributed by atoms with Crippen molar-refractivity contribution in [3.05, 3.63) is 77.6 Å². The molecule has 1 N–H and O–H groups in total. The summed E-state index contributed by atoms with van der Waals surface area (Å²) in [6, 6.07) is 15.4. The lowest BCUT2D eigenvalue weighted by atomic mass is 10.2. The summed E-state index contributed by atoms with van der Waals surface area (Å²) < 4.78 is 41.3. The maximum atomic E-state index is 13.5. The van der Waals surface area contributed by atoms with Crippen LogP contribution in [-0.2, 0) is 6.18 Å². The minimum atomic E-state index is -4.77. The van der Waals surface area contributed by atoms with E-state index in [9.17, 15) is 18.0 Å². The number of nitrogens with one attached hydrogen (secondary N) is 1. The summed E-state index contributed by atoms with van der Waals surface area (Å²) in [4.78, 5) is 12.4. The molecule has 0 fully saturated rings. The molecule has 130 valence electrons. The fourth-order valence-corrected chi connectivity index (χ4v) is 2.38. The standard InChI is InChI=1S/C18H11F3N4O/c19-18(20,21)16-15(11-23-25(16)14-4-2-1-3-5-14)17(26)24-13-8-6-12(10-22)7-9-13/h1-9,11H,(H,24,26). The lowest BCUT2D eigenvalue weighted by Crippen LogP contribution is -2.20. The minimum absolute atomic E-state index is 0.192. The van der Waals surface area contributed by atoms with Crippen LogP contribution in [0.2, 0.25) is 0 Å². The fourth-order valence-electron chi connectivity index (χ4n) is 2.38. The van der Waals surface area contributed by atoms with E-state index in [1.54, 1.807) is 18.2 Å². The summed E-state index contributed by atoms with van der Waals surface area (Å²) in [5, 5.41) is 14.9. The lowest BCUT2D eigenvalue weighted by molar-refractivity contribution is -0.143. The Kier molecular flexibility index (Phi) is 4.45. The Morgan fingerprint density at radius 2 is 1.73 bits per heavy atom. The van der Waals surface area contributed by atoms with Crippen LogP contribution in [0.5, 0.6) is 0 Å². The van der Waals surface area contributed by atoms with Crippen LogP contribution in [0.4, 0.5) is 18.9 Å². The van der Waals surface area contributed by atoms with E-state index in [1.165, 1.54) is 36.4 Å². The largest absolute Gasteiger partial charge is 0.434 e. The Labute approximate surface area is 146 Å². The highest BCUT2D eigenvalue weighted by Crippen LogP contribution is 2.34. The third-order valence-corrected chi connectivity index (χ3v) is 3.55. The number of anilines is 1. The second-order valence-corrected chi connectivity index (χ2v) is 5.30. The Morgan fingerprint density at radius 3 is 2.31 bits per heavy atom. The molecule has 5 nitrogen and oxygen atoms in total. The van der Waals surface area contributed by atoms with Crippen molar-refractivity contribution in [3.63, 3.8) is 0 Å². The van der Waals surface area contributed by atoms with Gasteiger partial charge in [-0.05, 0) is 36.4 Å². The molecule has 0 saturated carbocycles. The van der Waals surface area contributed by atoms with E-state index >= 15 is 0 Å². The summed E-state index contributed by atoms with van der Waals surface area (Å²) in [6.45, 7) is 0. The van der Waals surface area contributed by atoms with Gasteiger partial charge in [-0.2, -0.15) is 23.5 Å². The first kappa shape index (κ1) is 17.2. The average Bonchev–Trinajstić information content (AvgIpc) is 3.09. The van der Waals surface area contributed by atoms with E-state index in [1.807, 2.05) is 6.07 Å². The van der Waals surface area contributed by atoms with Gasteiger partial charge in [0, 0.05) is 5.69 Å². The van der Waals surface area contributed by atoms with Gasteiger partial charge in [-0.1, -0.05) is 18.2 Å². The monoisotopic (exact) mass is 356 g/mol. The van der Waals surface area contributed by atoms with Gasteiger partial charge in [0.1, 0.15) is 0 Å². The van der Waals surface area contributed by atoms with Gasteiger partial charge in [0.15, 0.2) is 5.69 Å². The van der Waals surface area contributed by atoms with Gasteiger partial charge in [0.2, 0.25) is 0 Å². The zero-order valence-corrected chi connectivity index (χ0v) is 13.2. The molecule has 0 bridgehead atoms. The highest BCUT2D eigenvalue weighted by molar-refractivity contribution is 6.05. The van der Waals surface area contributed by atoms with Crippen molar-refractivity contribution in [2.75, 3.05) is 5.32 Å². The Balaban J connectivity index is 1.98. The number of alkyl halides is 3. The molecule has 1 heterocycles. The Bertz CT molecular complexity index is 970. The van der Waals surface area contributed by atoms with Gasteiger partial charge < -0.3 is 5.32 Å². The molecule has 3 aromatic rings. The highest BCUT2D eigenvalue weighted by Gasteiger charge is 2.40. The van der Waals surface area contributed by atoms with E-state index < -0.39 is 23.3 Å². The highest BCUT2D eigenvalue weighted by atomic mass is 19.4. The van der Waals surface area contributed by atoms with Crippen LogP contribution in [0.25, 0.3) is 5.69 Å². The molecule has 0 unspecified atom stereocenters. The number of carbonyl (C=O) groups is 1. The molecule has 1 amide bonds. The molecule has 8 heteroatoms. The number of nitriles is 1. The molecular weight excluding hydrogens is 345 g/mol. The van der Waals surface area contributed by atoms with Crippen LogP contribution < -0.4 is 5.32 Å². The summed E-state index contributed by atoms with van der Waals surface area (Å²) in [7, 11) is 0. The molecule has 0 atom stereocenters. The zero-order chi connectivity index (χ0) is 18.7. The molecule has 0 aliphatic heterocycles. The van der Waals surface area contributed by atoms with Crippen molar-refractivity contribution in [2.24, 2.45) is 0 Å². The molecule has 0 saturated heterocycles. The first-order valence-electron chi connectivity index (χ1n) is 7.42. The number of aromatic nitrogens is 2. The summed E-state index contributed by atoms with van der Waals surface area (Å²) in [6.07, 6.45) is -3.89. The van der Waals surface area contributed by atoms with Gasteiger partial charge in [-0.25, -0.2) is 4.68 Å². The first-order valence-corrected chi connectivity index (χ1v) is 7.42. The molecule has 0 aliphatic rings. The number of carbonyl (C=O) groups excluding carboxylic acids is 1. The third kappa shape index (κ3) is 3.42. The lowest BCUT2D eigenvalue weighted by Gasteiger charge is -2.13. The number of hydrogen-bond donors (Lipinski definition) is 1. The predicted molar refractivity (Wildman–Crippen MR) is 87.7 cm³/mol. The van der Waals surface area contributed by atoms with Crippen molar-refractivity contribution >= 4 is 11.6 Å². The number of para-hydroxylation sites is 1. The van der Waals surface area contributed by atoms with E-state index in [2.05, 4.69) is 10.4 Å². The van der Waals surface area contributed by atoms with Crippen LogP contribution >= 0.6 is 0 Å². The van der Waals surface area contributed by atoms with E-state index in [4.69, 9.17) is 5.26 Å². The molecule has 3 rings (SSSR count). The smallest absolute Gasteiger partial charge is 0.322 e. The second kappa shape index (κ2) is 6.72. The van der Waals surface area contributed by atoms with E-state index in [0.717, 1.165) is 6.20 Å². The Morgan fingerprint density at radius 1 is 1.08 bits per heavy atom. The van der Waals surface area contributed by atoms with Crippen LogP contribution in [0, 0.1) is 11.3 Å². The SMILES string of the molecule is N#Cc1ccc(NC(=O)c2cnn(-c3ccccc3)c2C(F)(F)F)cc1. The number of amides is 1. The molecule has 2 aromatic carbocycles. The first-order chi connectivity index (χ1) is 12.4. The van der Waals surface area contributed by atoms with Gasteiger partial charge in [-0.3, -0.25) is 4.79 Å². The van der Waals surface area contributed by atoms with Crippen LogP contribution in [0.15, 0.2) is 60.8 Å². The van der Waals surface area contributed by atoms with Crippen molar-refractivity contribution in [3.8, 4) is 11.8 Å². The normalized spacial score (nSPS) is 11.0. The number of hydrogen-bond acceptors (Lipinski definition) is 3. The Hall–Kier alpha value is -3.60. The fraction of sp³-hybridized carbons (Fsp3) is 0.0556. The quantitative estimate of drug-likeness (QED) is 0.771. The van der Waals surface area contributed by atoms with Crippen LogP contribution in [0.3, 0.4) is 0 Å². The molecule has 0 spiro atoms. The van der Waals surface area contributed by atoms with Gasteiger partial charge in [-0.15, -0.1) is 0 Å². The third-order valence-electron chi connectivity index (χ3n) is 3.55. The van der Waals surface area contributed by atoms with Crippen molar-refractivity contribution in [1.82, 2.24) is 9.78 Å². The van der Waals surface area contributed by atoms with Gasteiger partial charge in [0.25, 0.3) is 5.91 Å². The topological polar surface area (TPSA) is 70.7 Å². The van der Waals surface area contributed by atoms with Gasteiger partial charge in [0.05, 0.1) is 29.1 Å². The van der Waals surface area contributed by atoms with Crippen molar-refractivity contribution in [1.29, 1.82) is 5.26 Å². The number of nitrogens with zero attached hydrogens (tertiary/aromatic N) is 3. The zero-order valence-electron chi connectivity index (χ0n) is 13.2. The van der Waals surface area contributed by atoms with Crippen LogP contribution in [0.1, 0.15) is 21.6 Å². The summed E-state index contributed by atoms with van der Waals surface area (Å²) in [5.74, 6) is -0.941. The van der Waals surface area contributed by atoms with E-state index in [-0.39, 0.29) is 11.4 Å². The maximum Gasteiger partial charge on any atom is 0.434 e. The average molecular weight is 356 g/mol.